The third-order valence-electron chi connectivity index (χ3n) is 4.95. The van der Waals surface area contributed by atoms with Crippen molar-refractivity contribution in [3.05, 3.63) is 41.3 Å². The Kier molecular flexibility index (Phi) is 3.65. The number of alkyl halides is 3. The van der Waals surface area contributed by atoms with E-state index < -0.39 is 23.0 Å². The van der Waals surface area contributed by atoms with Crippen LogP contribution in [0.1, 0.15) is 37.3 Å². The maximum atomic E-state index is 13.9. The second-order valence-corrected chi connectivity index (χ2v) is 5.99. The Labute approximate surface area is 130 Å². The SMILES string of the molecule is CCC12CCC(=O)C1C=NC=C2c1ccc(C(F)(F)F)c(F)c1. The summed E-state index contributed by atoms with van der Waals surface area (Å²) < 4.78 is 52.0. The number of carbonyl (C=O) groups is 1. The van der Waals surface area contributed by atoms with E-state index in [1.807, 2.05) is 6.92 Å². The van der Waals surface area contributed by atoms with Crippen LogP contribution in [0.25, 0.3) is 5.57 Å². The Hall–Kier alpha value is -1.98. The Morgan fingerprint density at radius 1 is 1.35 bits per heavy atom. The van der Waals surface area contributed by atoms with Gasteiger partial charge in [-0.2, -0.15) is 13.2 Å². The summed E-state index contributed by atoms with van der Waals surface area (Å²) in [4.78, 5) is 16.1. The van der Waals surface area contributed by atoms with Crippen LogP contribution in [0.5, 0.6) is 0 Å². The first kappa shape index (κ1) is 15.9. The van der Waals surface area contributed by atoms with E-state index in [-0.39, 0.29) is 11.7 Å². The van der Waals surface area contributed by atoms with Gasteiger partial charge in [0, 0.05) is 24.3 Å². The molecule has 1 aromatic rings. The molecular formula is C17H15F4NO. The van der Waals surface area contributed by atoms with Crippen LogP contribution >= 0.6 is 0 Å². The third-order valence-corrected chi connectivity index (χ3v) is 4.95. The molecule has 2 nitrogen and oxygen atoms in total. The molecule has 0 bridgehead atoms. The van der Waals surface area contributed by atoms with Crippen molar-refractivity contribution in [3.63, 3.8) is 0 Å². The number of fused-ring (bicyclic) bond motifs is 1. The van der Waals surface area contributed by atoms with E-state index in [4.69, 9.17) is 0 Å². The van der Waals surface area contributed by atoms with Crippen LogP contribution in [-0.2, 0) is 11.0 Å². The van der Waals surface area contributed by atoms with Gasteiger partial charge < -0.3 is 0 Å². The Balaban J connectivity index is 2.08. The minimum atomic E-state index is -4.73. The highest BCUT2D eigenvalue weighted by molar-refractivity contribution is 6.02. The van der Waals surface area contributed by atoms with Crippen LogP contribution in [0.4, 0.5) is 17.6 Å². The van der Waals surface area contributed by atoms with Crippen LogP contribution in [0, 0.1) is 17.2 Å². The van der Waals surface area contributed by atoms with Gasteiger partial charge in [-0.1, -0.05) is 13.0 Å². The molecule has 0 saturated heterocycles. The lowest BCUT2D eigenvalue weighted by molar-refractivity contribution is -0.140. The third kappa shape index (κ3) is 2.40. The first-order chi connectivity index (χ1) is 10.8. The molecule has 2 aliphatic rings. The van der Waals surface area contributed by atoms with Crippen molar-refractivity contribution < 1.29 is 22.4 Å². The molecule has 23 heavy (non-hydrogen) atoms. The molecule has 1 aromatic carbocycles. The lowest BCUT2D eigenvalue weighted by Gasteiger charge is -2.36. The standard InChI is InChI=1S/C17H15F4NO/c1-2-16-6-5-15(23)13(16)9-22-8-12(16)10-3-4-11(14(18)7-10)17(19,20)21/h3-4,7-9,13H,2,5-6H2,1H3. The number of benzene rings is 1. The number of rotatable bonds is 2. The lowest BCUT2D eigenvalue weighted by atomic mass is 9.67. The van der Waals surface area contributed by atoms with E-state index in [0.717, 1.165) is 12.1 Å². The van der Waals surface area contributed by atoms with Gasteiger partial charge in [0.1, 0.15) is 11.6 Å². The molecule has 0 N–H and O–H groups in total. The fraction of sp³-hybridized carbons (Fsp3) is 0.412. The molecule has 1 heterocycles. The van der Waals surface area contributed by atoms with E-state index in [1.54, 1.807) is 12.4 Å². The predicted octanol–water partition coefficient (Wildman–Crippen LogP) is 4.65. The maximum absolute atomic E-state index is 13.9. The molecule has 6 heteroatoms. The average Bonchev–Trinajstić information content (AvgIpc) is 2.84. The van der Waals surface area contributed by atoms with Gasteiger partial charge in [0.25, 0.3) is 0 Å². The number of hydrogen-bond acceptors (Lipinski definition) is 2. The normalized spacial score (nSPS) is 27.1. The van der Waals surface area contributed by atoms with Gasteiger partial charge in [0.15, 0.2) is 0 Å². The Morgan fingerprint density at radius 2 is 2.09 bits per heavy atom. The molecule has 1 fully saturated rings. The molecule has 0 radical (unpaired) electrons. The number of allylic oxidation sites excluding steroid dienone is 1. The smallest absolute Gasteiger partial charge is 0.299 e. The zero-order valence-corrected chi connectivity index (χ0v) is 12.5. The van der Waals surface area contributed by atoms with Crippen molar-refractivity contribution >= 4 is 17.6 Å². The highest BCUT2D eigenvalue weighted by Gasteiger charge is 2.50. The summed E-state index contributed by atoms with van der Waals surface area (Å²) in [7, 11) is 0. The van der Waals surface area contributed by atoms with E-state index in [0.29, 0.717) is 30.4 Å². The summed E-state index contributed by atoms with van der Waals surface area (Å²) in [6.07, 6.45) is 0.0712. The van der Waals surface area contributed by atoms with Crippen LogP contribution in [0.2, 0.25) is 0 Å². The van der Waals surface area contributed by atoms with Crippen LogP contribution in [-0.4, -0.2) is 12.0 Å². The van der Waals surface area contributed by atoms with Gasteiger partial charge in [0.05, 0.1) is 11.5 Å². The molecule has 0 spiro atoms. The van der Waals surface area contributed by atoms with Crippen LogP contribution < -0.4 is 0 Å². The summed E-state index contributed by atoms with van der Waals surface area (Å²) in [5.74, 6) is -1.61. The summed E-state index contributed by atoms with van der Waals surface area (Å²) in [6.45, 7) is 1.93. The number of hydrogen-bond donors (Lipinski definition) is 0. The number of halogens is 4. The van der Waals surface area contributed by atoms with Gasteiger partial charge in [-0.25, -0.2) is 4.39 Å². The Morgan fingerprint density at radius 3 is 2.70 bits per heavy atom. The van der Waals surface area contributed by atoms with Crippen molar-refractivity contribution in [1.82, 2.24) is 0 Å². The summed E-state index contributed by atoms with van der Waals surface area (Å²) in [6, 6.07) is 2.90. The molecule has 0 aromatic heterocycles. The first-order valence-electron chi connectivity index (χ1n) is 7.43. The van der Waals surface area contributed by atoms with Gasteiger partial charge >= 0.3 is 6.18 Å². The quantitative estimate of drug-likeness (QED) is 0.728. The zero-order chi connectivity index (χ0) is 16.8. The molecule has 1 saturated carbocycles. The topological polar surface area (TPSA) is 29.4 Å². The molecule has 2 unspecified atom stereocenters. The van der Waals surface area contributed by atoms with E-state index in [1.165, 1.54) is 6.07 Å². The number of ketones is 1. The largest absolute Gasteiger partial charge is 0.419 e. The molecule has 0 amide bonds. The molecule has 1 aliphatic carbocycles. The van der Waals surface area contributed by atoms with Crippen LogP contribution in [0.15, 0.2) is 29.4 Å². The fourth-order valence-corrected chi connectivity index (χ4v) is 3.69. The van der Waals surface area contributed by atoms with Crippen molar-refractivity contribution in [3.8, 4) is 0 Å². The fourth-order valence-electron chi connectivity index (χ4n) is 3.69. The summed E-state index contributed by atoms with van der Waals surface area (Å²) in [5, 5.41) is 0. The summed E-state index contributed by atoms with van der Waals surface area (Å²) >= 11 is 0. The highest BCUT2D eigenvalue weighted by Crippen LogP contribution is 2.54. The van der Waals surface area contributed by atoms with Gasteiger partial charge in [-0.05, 0) is 36.1 Å². The van der Waals surface area contributed by atoms with Crippen LogP contribution in [0.3, 0.4) is 0 Å². The molecule has 3 rings (SSSR count). The average molecular weight is 325 g/mol. The lowest BCUT2D eigenvalue weighted by Crippen LogP contribution is -2.32. The van der Waals surface area contributed by atoms with Crippen molar-refractivity contribution in [2.75, 3.05) is 0 Å². The molecule has 122 valence electrons. The van der Waals surface area contributed by atoms with E-state index in [9.17, 15) is 22.4 Å². The van der Waals surface area contributed by atoms with E-state index in [2.05, 4.69) is 4.99 Å². The monoisotopic (exact) mass is 325 g/mol. The molecule has 1 aliphatic heterocycles. The number of aliphatic imine (C=N–C) groups is 1. The number of carbonyl (C=O) groups excluding carboxylic acids is 1. The highest BCUT2D eigenvalue weighted by atomic mass is 19.4. The molecular weight excluding hydrogens is 310 g/mol. The van der Waals surface area contributed by atoms with Gasteiger partial charge in [-0.15, -0.1) is 0 Å². The van der Waals surface area contributed by atoms with Gasteiger partial charge in [0.2, 0.25) is 0 Å². The first-order valence-corrected chi connectivity index (χ1v) is 7.43. The van der Waals surface area contributed by atoms with E-state index >= 15 is 0 Å². The Bertz CT molecular complexity index is 720. The predicted molar refractivity (Wildman–Crippen MR) is 78.3 cm³/mol. The number of nitrogens with zero attached hydrogens (tertiary/aromatic N) is 1. The van der Waals surface area contributed by atoms with Crippen molar-refractivity contribution in [2.24, 2.45) is 16.3 Å². The minimum absolute atomic E-state index is 0.0774. The maximum Gasteiger partial charge on any atom is 0.419 e. The zero-order valence-electron chi connectivity index (χ0n) is 12.5. The van der Waals surface area contributed by atoms with Gasteiger partial charge in [-0.3, -0.25) is 9.79 Å². The minimum Gasteiger partial charge on any atom is -0.299 e. The second kappa shape index (κ2) is 5.28. The summed E-state index contributed by atoms with van der Waals surface area (Å²) in [5.41, 5.74) is -0.781. The second-order valence-electron chi connectivity index (χ2n) is 5.99. The molecule has 2 atom stereocenters. The van der Waals surface area contributed by atoms with Crippen molar-refractivity contribution in [1.29, 1.82) is 0 Å². The number of Topliss-reactive ketones (excluding diaryl/α,β-unsaturated/α-hetero) is 1. The van der Waals surface area contributed by atoms with Crippen molar-refractivity contribution in [2.45, 2.75) is 32.4 Å².